The van der Waals surface area contributed by atoms with Gasteiger partial charge in [-0.3, -0.25) is 4.79 Å². The van der Waals surface area contributed by atoms with Crippen molar-refractivity contribution in [3.63, 3.8) is 0 Å². The molecule has 0 spiro atoms. The maximum Gasteiger partial charge on any atom is 0.225 e. The maximum atomic E-state index is 11.9. The number of carbonyl (C=O) groups excluding carboxylic acids is 1. The second-order valence-corrected chi connectivity index (χ2v) is 6.84. The van der Waals surface area contributed by atoms with Crippen LogP contribution in [0.4, 0.5) is 0 Å². The van der Waals surface area contributed by atoms with Crippen molar-refractivity contribution in [3.05, 3.63) is 73.5 Å². The Kier molecular flexibility index (Phi) is 9.04. The van der Waals surface area contributed by atoms with Crippen LogP contribution in [0.3, 0.4) is 0 Å². The predicted octanol–water partition coefficient (Wildman–Crippen LogP) is 3.44. The summed E-state index contributed by atoms with van der Waals surface area (Å²) in [6, 6.07) is 14.0. The van der Waals surface area contributed by atoms with Crippen LogP contribution in [0.1, 0.15) is 31.4 Å². The highest BCUT2D eigenvalue weighted by molar-refractivity contribution is 5.81. The summed E-state index contributed by atoms with van der Waals surface area (Å²) < 4.78 is 0. The highest BCUT2D eigenvalue weighted by Gasteiger charge is 2.34. The van der Waals surface area contributed by atoms with Crippen molar-refractivity contribution < 1.29 is 4.79 Å². The number of aromatic nitrogens is 2. The van der Waals surface area contributed by atoms with Crippen LogP contribution in [-0.4, -0.2) is 33.9 Å². The summed E-state index contributed by atoms with van der Waals surface area (Å²) in [5.41, 5.74) is 5.73. The summed E-state index contributed by atoms with van der Waals surface area (Å²) in [6.45, 7) is 5.01. The largest absolute Gasteiger partial charge is 0.405 e. The first-order valence-corrected chi connectivity index (χ1v) is 9.61. The third-order valence-electron chi connectivity index (χ3n) is 4.66. The number of carbonyl (C=O) groups is 1. The lowest BCUT2D eigenvalue weighted by Gasteiger charge is -2.32. The molecule has 0 unspecified atom stereocenters. The van der Waals surface area contributed by atoms with E-state index in [-0.39, 0.29) is 0 Å². The van der Waals surface area contributed by atoms with Crippen LogP contribution in [0.2, 0.25) is 0 Å². The molecule has 2 aromatic rings. The summed E-state index contributed by atoms with van der Waals surface area (Å²) in [7, 11) is 0. The molecule has 2 N–H and O–H groups in total. The second kappa shape index (κ2) is 11.8. The lowest BCUT2D eigenvalue weighted by molar-refractivity contribution is -0.133. The highest BCUT2D eigenvalue weighted by atomic mass is 16.2. The quantitative estimate of drug-likeness (QED) is 0.903. The van der Waals surface area contributed by atoms with Crippen LogP contribution in [0, 0.1) is 11.8 Å². The minimum atomic E-state index is 0.364. The first-order valence-electron chi connectivity index (χ1n) is 9.61. The fraction of sp³-hybridized carbons (Fsp3) is 0.409. The minimum absolute atomic E-state index is 0.364. The Labute approximate surface area is 162 Å². The number of benzene rings is 1. The first-order chi connectivity index (χ1) is 13.2. The normalized spacial score (nSPS) is 16.2. The average molecular weight is 367 g/mol. The van der Waals surface area contributed by atoms with Crippen molar-refractivity contribution in [2.45, 2.75) is 32.1 Å². The first kappa shape index (κ1) is 20.6. The Morgan fingerprint density at radius 1 is 1.11 bits per heavy atom. The number of nitrogens with two attached hydrogens (primary N) is 1. The molecule has 1 saturated heterocycles. The molecule has 1 aliphatic heterocycles. The van der Waals surface area contributed by atoms with Crippen molar-refractivity contribution >= 4 is 5.91 Å². The van der Waals surface area contributed by atoms with Gasteiger partial charge in [-0.15, -0.1) is 0 Å². The zero-order valence-corrected chi connectivity index (χ0v) is 15.9. The molecule has 2 fully saturated rings. The summed E-state index contributed by atoms with van der Waals surface area (Å²) in [5, 5.41) is 0. The van der Waals surface area contributed by atoms with Crippen LogP contribution in [0.5, 0.6) is 0 Å². The number of piperidine rings is 1. The molecule has 1 aromatic carbocycles. The van der Waals surface area contributed by atoms with E-state index in [1.54, 1.807) is 12.5 Å². The smallest absolute Gasteiger partial charge is 0.225 e. The van der Waals surface area contributed by atoms with Gasteiger partial charge in [0.1, 0.15) is 6.33 Å². The molecular weight excluding hydrogens is 336 g/mol. The number of rotatable bonds is 3. The molecule has 5 nitrogen and oxygen atoms in total. The van der Waals surface area contributed by atoms with E-state index in [4.69, 9.17) is 0 Å². The fourth-order valence-corrected chi connectivity index (χ4v) is 3.07. The van der Waals surface area contributed by atoms with E-state index in [1.165, 1.54) is 6.20 Å². The van der Waals surface area contributed by atoms with Gasteiger partial charge in [-0.1, -0.05) is 43.0 Å². The van der Waals surface area contributed by atoms with Crippen LogP contribution in [0.25, 0.3) is 0 Å². The van der Waals surface area contributed by atoms with E-state index < -0.39 is 0 Å². The predicted molar refractivity (Wildman–Crippen MR) is 109 cm³/mol. The van der Waals surface area contributed by atoms with Gasteiger partial charge in [0, 0.05) is 30.9 Å². The lowest BCUT2D eigenvalue weighted by atomic mass is 9.92. The van der Waals surface area contributed by atoms with Gasteiger partial charge in [0.25, 0.3) is 0 Å². The summed E-state index contributed by atoms with van der Waals surface area (Å²) in [5.74, 6) is 1.43. The fourth-order valence-electron chi connectivity index (χ4n) is 3.07. The maximum absolute atomic E-state index is 11.9. The van der Waals surface area contributed by atoms with Gasteiger partial charge in [-0.05, 0) is 50.3 Å². The zero-order valence-electron chi connectivity index (χ0n) is 15.9. The number of likely N-dealkylation sites (tertiary alicyclic amines) is 1. The summed E-state index contributed by atoms with van der Waals surface area (Å²) in [4.78, 5) is 22.2. The topological polar surface area (TPSA) is 72.1 Å². The average Bonchev–Trinajstić information content (AvgIpc) is 3.57. The molecule has 4 rings (SSSR count). The van der Waals surface area contributed by atoms with E-state index in [1.807, 2.05) is 42.5 Å². The lowest BCUT2D eigenvalue weighted by Crippen LogP contribution is -2.39. The SMILES string of the molecule is C=CN.O=C(C1CC1)N1CCC(Cc2ccncn2)CC1.c1ccccc1. The van der Waals surface area contributed by atoms with Crippen LogP contribution >= 0.6 is 0 Å². The zero-order chi connectivity index (χ0) is 19.3. The van der Waals surface area contributed by atoms with Gasteiger partial charge in [0.15, 0.2) is 0 Å². The van der Waals surface area contributed by atoms with E-state index in [0.717, 1.165) is 50.9 Å². The summed E-state index contributed by atoms with van der Waals surface area (Å²) in [6.07, 6.45) is 10.1. The van der Waals surface area contributed by atoms with Crippen molar-refractivity contribution in [2.75, 3.05) is 13.1 Å². The molecular formula is C22H30N4O. The van der Waals surface area contributed by atoms with Crippen molar-refractivity contribution in [1.29, 1.82) is 0 Å². The third-order valence-corrected chi connectivity index (χ3v) is 4.66. The van der Waals surface area contributed by atoms with Crippen LogP contribution in [-0.2, 0) is 11.2 Å². The van der Waals surface area contributed by atoms with Crippen LogP contribution in [0.15, 0.2) is 67.8 Å². The number of hydrogen-bond donors (Lipinski definition) is 1. The van der Waals surface area contributed by atoms with E-state index >= 15 is 0 Å². The third kappa shape index (κ3) is 8.03. The molecule has 0 radical (unpaired) electrons. The molecule has 5 heteroatoms. The van der Waals surface area contributed by atoms with Crippen molar-refractivity contribution in [1.82, 2.24) is 14.9 Å². The molecule has 1 aliphatic carbocycles. The van der Waals surface area contributed by atoms with Gasteiger partial charge in [-0.2, -0.15) is 0 Å². The minimum Gasteiger partial charge on any atom is -0.405 e. The molecule has 1 saturated carbocycles. The number of hydrogen-bond acceptors (Lipinski definition) is 4. The Morgan fingerprint density at radius 3 is 2.11 bits per heavy atom. The van der Waals surface area contributed by atoms with E-state index in [0.29, 0.717) is 17.7 Å². The van der Waals surface area contributed by atoms with Gasteiger partial charge in [0.2, 0.25) is 5.91 Å². The standard InChI is InChI=1S/C14H19N3O.C6H6.C2H5N/c18-14(12-1-2-12)17-7-4-11(5-8-17)9-13-3-6-15-10-16-13;1-2-4-6-5-3-1;1-2-3/h3,6,10-12H,1-2,4-5,7-9H2;1-6H;2H,1,3H2. The van der Waals surface area contributed by atoms with Crippen LogP contribution < -0.4 is 5.73 Å². The number of amides is 1. The Morgan fingerprint density at radius 2 is 1.67 bits per heavy atom. The van der Waals surface area contributed by atoms with E-state index in [9.17, 15) is 4.79 Å². The van der Waals surface area contributed by atoms with Gasteiger partial charge < -0.3 is 10.6 Å². The Balaban J connectivity index is 0.000000242. The molecule has 0 atom stereocenters. The monoisotopic (exact) mass is 366 g/mol. The molecule has 27 heavy (non-hydrogen) atoms. The van der Waals surface area contributed by atoms with E-state index in [2.05, 4.69) is 27.2 Å². The highest BCUT2D eigenvalue weighted by Crippen LogP contribution is 2.32. The molecule has 0 bridgehead atoms. The molecule has 1 aromatic heterocycles. The summed E-state index contributed by atoms with van der Waals surface area (Å²) >= 11 is 0. The van der Waals surface area contributed by atoms with Gasteiger partial charge in [-0.25, -0.2) is 9.97 Å². The molecule has 144 valence electrons. The number of nitrogens with zero attached hydrogens (tertiary/aromatic N) is 3. The molecule has 2 heterocycles. The van der Waals surface area contributed by atoms with Crippen molar-refractivity contribution in [3.8, 4) is 0 Å². The molecule has 2 aliphatic rings. The van der Waals surface area contributed by atoms with Gasteiger partial charge >= 0.3 is 0 Å². The second-order valence-electron chi connectivity index (χ2n) is 6.84. The molecule has 1 amide bonds. The van der Waals surface area contributed by atoms with Crippen molar-refractivity contribution in [2.24, 2.45) is 17.6 Å². The Bertz CT molecular complexity index is 624. The van der Waals surface area contributed by atoms with Gasteiger partial charge in [0.05, 0.1) is 0 Å². The Hall–Kier alpha value is -2.69.